The second-order valence-corrected chi connectivity index (χ2v) is 12.3. The van der Waals surface area contributed by atoms with Crippen LogP contribution in [0.25, 0.3) is 0 Å². The van der Waals surface area contributed by atoms with Gasteiger partial charge >= 0.3 is 13.3 Å². The van der Waals surface area contributed by atoms with Crippen molar-refractivity contribution in [3.05, 3.63) is 29.8 Å². The van der Waals surface area contributed by atoms with E-state index in [0.29, 0.717) is 30.6 Å². The normalized spacial score (nSPS) is 16.9. The number of carbonyl (C=O) groups excluding carboxylic acids is 1. The molecule has 2 rings (SSSR count). The van der Waals surface area contributed by atoms with Crippen molar-refractivity contribution in [2.45, 2.75) is 81.9 Å². The highest BCUT2D eigenvalue weighted by Crippen LogP contribution is 2.23. The Kier molecular flexibility index (Phi) is 13.7. The van der Waals surface area contributed by atoms with Gasteiger partial charge in [0.1, 0.15) is 11.6 Å². The Bertz CT molecular complexity index is 937. The van der Waals surface area contributed by atoms with E-state index < -0.39 is 22.7 Å². The Morgan fingerprint density at radius 1 is 1.03 bits per heavy atom. The number of carbonyl (C=O) groups is 1. The van der Waals surface area contributed by atoms with Crippen LogP contribution in [-0.2, 0) is 30.6 Å². The molecule has 10 nitrogen and oxygen atoms in total. The first kappa shape index (κ1) is 32.7. The lowest BCUT2D eigenvalue weighted by Crippen LogP contribution is -2.51. The van der Waals surface area contributed by atoms with Gasteiger partial charge in [-0.3, -0.25) is 9.69 Å². The molecular weight excluding hydrogens is 509 g/mol. The van der Waals surface area contributed by atoms with Crippen LogP contribution in [0.3, 0.4) is 0 Å². The number of benzene rings is 1. The van der Waals surface area contributed by atoms with E-state index >= 15 is 0 Å². The minimum Gasteiger partial charge on any atom is -0.461 e. The molecule has 1 saturated heterocycles. The second-order valence-electron chi connectivity index (χ2n) is 10.3. The maximum Gasteiger partial charge on any atom is 0.633 e. The quantitative estimate of drug-likeness (QED) is 0.147. The van der Waals surface area contributed by atoms with E-state index in [0.717, 1.165) is 64.1 Å². The summed E-state index contributed by atoms with van der Waals surface area (Å²) in [6.45, 7) is 9.43. The maximum atomic E-state index is 13.0. The van der Waals surface area contributed by atoms with Crippen LogP contribution in [0.5, 0.6) is 0 Å². The zero-order valence-corrected chi connectivity index (χ0v) is 24.0. The Morgan fingerprint density at radius 2 is 1.61 bits per heavy atom. The van der Waals surface area contributed by atoms with Crippen molar-refractivity contribution in [1.82, 2.24) is 9.80 Å². The molecule has 4 N–H and O–H groups in total. The van der Waals surface area contributed by atoms with Crippen molar-refractivity contribution >= 4 is 23.1 Å². The summed E-state index contributed by atoms with van der Waals surface area (Å²) in [5.74, 6) is -0.360. The van der Waals surface area contributed by atoms with Gasteiger partial charge < -0.3 is 30.1 Å². The minimum absolute atomic E-state index is 0.144. The molecule has 0 radical (unpaired) electrons. The fraction of sp³-hybridized carbons (Fsp3) is 0.731. The minimum atomic E-state index is -3.19. The zero-order chi connectivity index (χ0) is 28.2. The molecule has 38 heavy (non-hydrogen) atoms. The van der Waals surface area contributed by atoms with E-state index in [2.05, 4.69) is 9.80 Å². The first-order valence-corrected chi connectivity index (χ1v) is 15.6. The van der Waals surface area contributed by atoms with Gasteiger partial charge in [-0.1, -0.05) is 26.0 Å². The van der Waals surface area contributed by atoms with Gasteiger partial charge in [0.15, 0.2) is 9.84 Å². The van der Waals surface area contributed by atoms with Crippen molar-refractivity contribution in [1.29, 1.82) is 0 Å². The van der Waals surface area contributed by atoms with Gasteiger partial charge in [-0.05, 0) is 69.2 Å². The van der Waals surface area contributed by atoms with Crippen molar-refractivity contribution < 1.29 is 32.7 Å². The molecule has 1 fully saturated rings. The molecule has 0 aromatic heterocycles. The molecule has 0 aliphatic carbocycles. The van der Waals surface area contributed by atoms with E-state index in [4.69, 9.17) is 25.2 Å². The lowest BCUT2D eigenvalue weighted by molar-refractivity contribution is -0.157. The summed E-state index contributed by atoms with van der Waals surface area (Å²) < 4.78 is 33.8. The molecule has 1 unspecified atom stereocenters. The smallest absolute Gasteiger partial charge is 0.461 e. The first-order chi connectivity index (χ1) is 18.0. The molecule has 0 bridgehead atoms. The number of ether oxygens (including phenoxy) is 1. The molecule has 1 atom stereocenters. The predicted molar refractivity (Wildman–Crippen MR) is 148 cm³/mol. The summed E-state index contributed by atoms with van der Waals surface area (Å²) in [7, 11) is -4.98. The number of unbranched alkanes of at least 4 members (excludes halogenated alkanes) is 1. The standard InChI is InChI=1S/C26H46BN3O7S/c1-4-23(5-2)37-25(31)26(28,13-6-7-20-36-27(32)33)14-8-15-29-16-18-30(19-17-29)21-22-9-11-24(12-10-22)38(3,34)35/h9-12,23,32-33H,4-8,13-21,28H2,1-3H3. The highest BCUT2D eigenvalue weighted by Gasteiger charge is 2.36. The van der Waals surface area contributed by atoms with E-state index in [1.54, 1.807) is 12.1 Å². The SMILES string of the molecule is CCC(CC)OC(=O)C(N)(CCCCOB(O)O)CCCN1CCN(Cc2ccc(S(C)(=O)=O)cc2)CC1. The van der Waals surface area contributed by atoms with Gasteiger partial charge in [-0.2, -0.15) is 0 Å². The van der Waals surface area contributed by atoms with Gasteiger partial charge in [0.2, 0.25) is 0 Å². The van der Waals surface area contributed by atoms with E-state index in [1.165, 1.54) is 6.26 Å². The van der Waals surface area contributed by atoms with Crippen LogP contribution in [0, 0.1) is 0 Å². The van der Waals surface area contributed by atoms with Crippen LogP contribution in [0.4, 0.5) is 0 Å². The molecule has 1 heterocycles. The van der Waals surface area contributed by atoms with Crippen LogP contribution in [0.1, 0.15) is 64.4 Å². The maximum absolute atomic E-state index is 13.0. The average molecular weight is 556 g/mol. The van der Waals surface area contributed by atoms with Crippen molar-refractivity contribution in [2.75, 3.05) is 45.6 Å². The molecule has 12 heteroatoms. The van der Waals surface area contributed by atoms with Crippen molar-refractivity contribution in [3.8, 4) is 0 Å². The molecule has 216 valence electrons. The summed E-state index contributed by atoms with van der Waals surface area (Å²) >= 11 is 0. The third kappa shape index (κ3) is 11.3. The molecule has 0 amide bonds. The first-order valence-electron chi connectivity index (χ1n) is 13.7. The third-order valence-corrected chi connectivity index (χ3v) is 8.32. The summed E-state index contributed by atoms with van der Waals surface area (Å²) in [6.07, 6.45) is 5.47. The molecule has 0 spiro atoms. The highest BCUT2D eigenvalue weighted by molar-refractivity contribution is 7.90. The van der Waals surface area contributed by atoms with E-state index in [1.807, 2.05) is 26.0 Å². The van der Waals surface area contributed by atoms with Crippen LogP contribution < -0.4 is 5.73 Å². The van der Waals surface area contributed by atoms with Gasteiger partial charge in [0.25, 0.3) is 0 Å². The third-order valence-electron chi connectivity index (χ3n) is 7.19. The monoisotopic (exact) mass is 555 g/mol. The average Bonchev–Trinajstić information content (AvgIpc) is 2.87. The lowest BCUT2D eigenvalue weighted by atomic mass is 9.88. The summed E-state index contributed by atoms with van der Waals surface area (Å²) in [6, 6.07) is 7.08. The van der Waals surface area contributed by atoms with Crippen LogP contribution >= 0.6 is 0 Å². The number of nitrogens with two attached hydrogens (primary N) is 1. The Hall–Kier alpha value is -1.54. The number of esters is 1. The largest absolute Gasteiger partial charge is 0.633 e. The Morgan fingerprint density at radius 3 is 2.16 bits per heavy atom. The summed E-state index contributed by atoms with van der Waals surface area (Å²) in [5.41, 5.74) is 6.63. The number of nitrogens with zero attached hydrogens (tertiary/aromatic N) is 2. The van der Waals surface area contributed by atoms with Crippen molar-refractivity contribution in [3.63, 3.8) is 0 Å². The molecule has 1 aromatic carbocycles. The summed E-state index contributed by atoms with van der Waals surface area (Å²) in [5, 5.41) is 17.7. The van der Waals surface area contributed by atoms with Crippen LogP contribution in [0.2, 0.25) is 0 Å². The number of sulfone groups is 1. The molecule has 1 aromatic rings. The highest BCUT2D eigenvalue weighted by atomic mass is 32.2. The van der Waals surface area contributed by atoms with Crippen molar-refractivity contribution in [2.24, 2.45) is 5.73 Å². The Labute approximate surface area is 228 Å². The number of piperazine rings is 1. The van der Waals surface area contributed by atoms with Gasteiger partial charge in [0, 0.05) is 45.6 Å². The fourth-order valence-corrected chi connectivity index (χ4v) is 5.30. The topological polar surface area (TPSA) is 143 Å². The molecular formula is C26H46BN3O7S. The van der Waals surface area contributed by atoms with Crippen LogP contribution in [-0.4, -0.2) is 98.8 Å². The van der Waals surface area contributed by atoms with Crippen LogP contribution in [0.15, 0.2) is 29.2 Å². The molecule has 1 aliphatic heterocycles. The summed E-state index contributed by atoms with van der Waals surface area (Å²) in [4.78, 5) is 18.1. The molecule has 0 saturated carbocycles. The molecule has 1 aliphatic rings. The van der Waals surface area contributed by atoms with Gasteiger partial charge in [-0.25, -0.2) is 8.42 Å². The van der Waals surface area contributed by atoms with Gasteiger partial charge in [-0.15, -0.1) is 0 Å². The predicted octanol–water partition coefficient (Wildman–Crippen LogP) is 1.57. The second kappa shape index (κ2) is 15.9. The number of rotatable bonds is 17. The van der Waals surface area contributed by atoms with E-state index in [-0.39, 0.29) is 18.7 Å². The number of hydrogen-bond acceptors (Lipinski definition) is 10. The zero-order valence-electron chi connectivity index (χ0n) is 23.2. The fourth-order valence-electron chi connectivity index (χ4n) is 4.67. The number of hydrogen-bond donors (Lipinski definition) is 3. The van der Waals surface area contributed by atoms with E-state index in [9.17, 15) is 13.2 Å². The Balaban J connectivity index is 1.82. The lowest BCUT2D eigenvalue weighted by Gasteiger charge is -2.35. The van der Waals surface area contributed by atoms with Gasteiger partial charge in [0.05, 0.1) is 4.90 Å².